The van der Waals surface area contributed by atoms with E-state index in [0.29, 0.717) is 10.7 Å². The molecule has 0 aliphatic rings. The Labute approximate surface area is 209 Å². The van der Waals surface area contributed by atoms with Crippen LogP contribution in [0.4, 0.5) is 0 Å². The highest BCUT2D eigenvalue weighted by molar-refractivity contribution is 6.44. The van der Waals surface area contributed by atoms with Gasteiger partial charge in [0.2, 0.25) is 0 Å². The van der Waals surface area contributed by atoms with E-state index in [9.17, 15) is 9.59 Å². The average molecular weight is 529 g/mol. The summed E-state index contributed by atoms with van der Waals surface area (Å²) in [5, 5.41) is 14.0. The first-order chi connectivity index (χ1) is 15.6. The molecule has 7 nitrogen and oxygen atoms in total. The molecule has 0 bridgehead atoms. The minimum Gasteiger partial charge on any atom is -0.482 e. The fourth-order valence-electron chi connectivity index (χ4n) is 3.12. The molecule has 0 saturated carbocycles. The van der Waals surface area contributed by atoms with Gasteiger partial charge < -0.3 is 14.4 Å². The molecular formula is C22H17Cl4N3O4. The van der Waals surface area contributed by atoms with Crippen LogP contribution < -0.4 is 10.2 Å². The number of hydrogen-bond donors (Lipinski definition) is 2. The van der Waals surface area contributed by atoms with Gasteiger partial charge in [-0.05, 0) is 44.2 Å². The fraction of sp³-hybridized carbons (Fsp3) is 0.136. The zero-order valence-electron chi connectivity index (χ0n) is 17.3. The van der Waals surface area contributed by atoms with Crippen molar-refractivity contribution >= 4 is 64.5 Å². The average Bonchev–Trinajstić information content (AvgIpc) is 3.02. The van der Waals surface area contributed by atoms with E-state index in [1.54, 1.807) is 12.1 Å². The van der Waals surface area contributed by atoms with Gasteiger partial charge in [0.15, 0.2) is 6.61 Å². The van der Waals surface area contributed by atoms with Crippen molar-refractivity contribution in [3.8, 4) is 11.4 Å². The number of carboxylic acids is 1. The van der Waals surface area contributed by atoms with E-state index < -0.39 is 11.9 Å². The molecule has 33 heavy (non-hydrogen) atoms. The molecule has 0 fully saturated rings. The first kappa shape index (κ1) is 24.9. The smallest absolute Gasteiger partial charge is 0.337 e. The minimum absolute atomic E-state index is 0.0240. The van der Waals surface area contributed by atoms with E-state index in [1.165, 1.54) is 24.4 Å². The molecule has 3 rings (SSSR count). The van der Waals surface area contributed by atoms with Crippen molar-refractivity contribution in [2.24, 2.45) is 5.10 Å². The summed E-state index contributed by atoms with van der Waals surface area (Å²) in [4.78, 5) is 23.2. The Balaban J connectivity index is 1.68. The number of benzene rings is 2. The van der Waals surface area contributed by atoms with Crippen LogP contribution in [0.3, 0.4) is 0 Å². The highest BCUT2D eigenvalue weighted by atomic mass is 35.5. The molecule has 0 unspecified atom stereocenters. The van der Waals surface area contributed by atoms with Crippen LogP contribution in [0.1, 0.15) is 27.3 Å². The number of aryl methyl sites for hydroxylation is 1. The molecule has 11 heteroatoms. The van der Waals surface area contributed by atoms with Gasteiger partial charge in [-0.15, -0.1) is 0 Å². The van der Waals surface area contributed by atoms with Crippen molar-refractivity contribution in [2.45, 2.75) is 13.8 Å². The number of carboxylic acid groups (broad SMARTS) is 1. The summed E-state index contributed by atoms with van der Waals surface area (Å²) in [6.07, 6.45) is 1.49. The monoisotopic (exact) mass is 527 g/mol. The molecule has 0 aliphatic heterocycles. The molecule has 3 aromatic rings. The molecule has 0 aliphatic carbocycles. The van der Waals surface area contributed by atoms with Gasteiger partial charge in [-0.25, -0.2) is 10.2 Å². The van der Waals surface area contributed by atoms with Gasteiger partial charge in [0, 0.05) is 33.7 Å². The van der Waals surface area contributed by atoms with Crippen molar-refractivity contribution in [2.75, 3.05) is 6.61 Å². The highest BCUT2D eigenvalue weighted by Crippen LogP contribution is 2.35. The van der Waals surface area contributed by atoms with Crippen molar-refractivity contribution in [1.82, 2.24) is 9.99 Å². The van der Waals surface area contributed by atoms with E-state index in [4.69, 9.17) is 56.2 Å². The summed E-state index contributed by atoms with van der Waals surface area (Å²) < 4.78 is 7.26. The van der Waals surface area contributed by atoms with Crippen molar-refractivity contribution in [3.63, 3.8) is 0 Å². The highest BCUT2D eigenvalue weighted by Gasteiger charge is 2.14. The van der Waals surface area contributed by atoms with Gasteiger partial charge in [0.25, 0.3) is 5.91 Å². The normalized spacial score (nSPS) is 11.1. The number of ether oxygens (including phenoxy) is 1. The predicted octanol–water partition coefficient (Wildman–Crippen LogP) is 5.94. The standard InChI is InChI=1S/C22H17Cl4N3O4/c1-11-5-13(12(2)29(11)15-3-4-16(22(31)32)17(24)8-15)9-27-28-20(30)10-33-19-7-14(23)6-18(25)21(19)26/h3-9H,10H2,1-2H3,(H,28,30)(H,31,32)/b27-9-. The fourth-order valence-corrected chi connectivity index (χ4v) is 4.01. The Bertz CT molecular complexity index is 1270. The lowest BCUT2D eigenvalue weighted by Gasteiger charge is -2.11. The predicted molar refractivity (Wildman–Crippen MR) is 130 cm³/mol. The van der Waals surface area contributed by atoms with E-state index in [2.05, 4.69) is 10.5 Å². The Morgan fingerprint density at radius 2 is 1.82 bits per heavy atom. The number of rotatable bonds is 7. The zero-order chi connectivity index (χ0) is 24.3. The molecule has 0 spiro atoms. The number of aromatic nitrogens is 1. The maximum Gasteiger partial charge on any atom is 0.337 e. The summed E-state index contributed by atoms with van der Waals surface area (Å²) in [6, 6.07) is 9.49. The zero-order valence-corrected chi connectivity index (χ0v) is 20.4. The van der Waals surface area contributed by atoms with Crippen LogP contribution in [0.15, 0.2) is 41.5 Å². The Kier molecular flexibility index (Phi) is 7.92. The lowest BCUT2D eigenvalue weighted by atomic mass is 10.2. The third-order valence-corrected chi connectivity index (χ3v) is 5.94. The number of halogens is 4. The van der Waals surface area contributed by atoms with Crippen LogP contribution in [0, 0.1) is 13.8 Å². The molecule has 2 N–H and O–H groups in total. The van der Waals surface area contributed by atoms with Crippen LogP contribution in [0.2, 0.25) is 20.1 Å². The van der Waals surface area contributed by atoms with E-state index >= 15 is 0 Å². The molecule has 1 aromatic heterocycles. The van der Waals surface area contributed by atoms with Gasteiger partial charge in [0.1, 0.15) is 10.8 Å². The van der Waals surface area contributed by atoms with Crippen molar-refractivity contribution in [1.29, 1.82) is 0 Å². The number of nitrogens with one attached hydrogen (secondary N) is 1. The van der Waals surface area contributed by atoms with Crippen molar-refractivity contribution in [3.05, 3.63) is 79.0 Å². The number of carbonyl (C=O) groups is 2. The number of hydrogen-bond acceptors (Lipinski definition) is 4. The second-order valence-corrected chi connectivity index (χ2v) is 8.54. The lowest BCUT2D eigenvalue weighted by molar-refractivity contribution is -0.123. The van der Waals surface area contributed by atoms with Gasteiger partial charge in [-0.1, -0.05) is 46.4 Å². The Morgan fingerprint density at radius 1 is 1.09 bits per heavy atom. The second-order valence-electron chi connectivity index (χ2n) is 6.91. The number of amides is 1. The second kappa shape index (κ2) is 10.5. The van der Waals surface area contributed by atoms with Gasteiger partial charge in [0.05, 0.1) is 21.8 Å². The van der Waals surface area contributed by atoms with Crippen LogP contribution in [-0.4, -0.2) is 34.4 Å². The number of carbonyl (C=O) groups excluding carboxylic acids is 1. The van der Waals surface area contributed by atoms with Gasteiger partial charge >= 0.3 is 5.97 Å². The maximum absolute atomic E-state index is 12.1. The van der Waals surface area contributed by atoms with Crippen LogP contribution in [0.25, 0.3) is 5.69 Å². The third-order valence-electron chi connectivity index (χ3n) is 4.62. The molecule has 0 atom stereocenters. The van der Waals surface area contributed by atoms with Crippen LogP contribution in [-0.2, 0) is 4.79 Å². The Hall–Kier alpha value is -2.71. The molecule has 0 saturated heterocycles. The maximum atomic E-state index is 12.1. The third kappa shape index (κ3) is 5.81. The van der Waals surface area contributed by atoms with Crippen molar-refractivity contribution < 1.29 is 19.4 Å². The van der Waals surface area contributed by atoms with Crippen LogP contribution >= 0.6 is 46.4 Å². The molecule has 0 radical (unpaired) electrons. The summed E-state index contributed by atoms with van der Waals surface area (Å²) in [5.74, 6) is -1.42. The van der Waals surface area contributed by atoms with E-state index in [-0.39, 0.29) is 33.0 Å². The van der Waals surface area contributed by atoms with Gasteiger partial charge in [-0.2, -0.15) is 5.10 Å². The first-order valence-corrected chi connectivity index (χ1v) is 10.9. The van der Waals surface area contributed by atoms with E-state index in [1.807, 2.05) is 24.5 Å². The number of hydrazone groups is 1. The SMILES string of the molecule is Cc1cc(/C=N\NC(=O)COc2cc(Cl)cc(Cl)c2Cl)c(C)n1-c1ccc(C(=O)O)c(Cl)c1. The molecule has 2 aromatic carbocycles. The van der Waals surface area contributed by atoms with Gasteiger partial charge in [-0.3, -0.25) is 4.79 Å². The minimum atomic E-state index is -1.10. The van der Waals surface area contributed by atoms with E-state index in [0.717, 1.165) is 17.0 Å². The summed E-state index contributed by atoms with van der Waals surface area (Å²) >= 11 is 24.0. The largest absolute Gasteiger partial charge is 0.482 e. The summed E-state index contributed by atoms with van der Waals surface area (Å²) in [6.45, 7) is 3.40. The number of aromatic carboxylic acids is 1. The summed E-state index contributed by atoms with van der Waals surface area (Å²) in [5.41, 5.74) is 5.54. The molecule has 172 valence electrons. The van der Waals surface area contributed by atoms with Crippen LogP contribution in [0.5, 0.6) is 5.75 Å². The summed E-state index contributed by atoms with van der Waals surface area (Å²) in [7, 11) is 0. The lowest BCUT2D eigenvalue weighted by Crippen LogP contribution is -2.24. The number of nitrogens with zero attached hydrogens (tertiary/aromatic N) is 2. The Morgan fingerprint density at radius 3 is 2.48 bits per heavy atom. The molecule has 1 heterocycles. The first-order valence-electron chi connectivity index (χ1n) is 9.40. The topological polar surface area (TPSA) is 92.9 Å². The molecular weight excluding hydrogens is 512 g/mol. The quantitative estimate of drug-likeness (QED) is 0.225. The molecule has 1 amide bonds.